The summed E-state index contributed by atoms with van der Waals surface area (Å²) in [6.45, 7) is 2.29. The summed E-state index contributed by atoms with van der Waals surface area (Å²) in [6, 6.07) is 7.01. The summed E-state index contributed by atoms with van der Waals surface area (Å²) in [5.41, 5.74) is 0.398. The van der Waals surface area contributed by atoms with Crippen LogP contribution in [0.15, 0.2) is 12.1 Å². The van der Waals surface area contributed by atoms with Gasteiger partial charge in [-0.3, -0.25) is 0 Å². The van der Waals surface area contributed by atoms with Gasteiger partial charge in [-0.25, -0.2) is 0 Å². The van der Waals surface area contributed by atoms with E-state index in [4.69, 9.17) is 5.26 Å². The van der Waals surface area contributed by atoms with Crippen molar-refractivity contribution in [2.75, 3.05) is 4.90 Å². The summed E-state index contributed by atoms with van der Waals surface area (Å²) in [4.78, 5) is 2.44. The molecule has 3 heterocycles. The maximum atomic E-state index is 8.76. The van der Waals surface area contributed by atoms with Gasteiger partial charge < -0.3 is 4.90 Å². The number of anilines is 1. The van der Waals surface area contributed by atoms with Crippen LogP contribution in [0, 0.1) is 17.2 Å². The van der Waals surface area contributed by atoms with Crippen molar-refractivity contribution < 1.29 is 0 Å². The number of hydrogen-bond acceptors (Lipinski definition) is 4. The maximum Gasteiger partial charge on any atom is 0.163 e. The highest BCUT2D eigenvalue weighted by Crippen LogP contribution is 2.41. The van der Waals surface area contributed by atoms with Gasteiger partial charge in [0, 0.05) is 12.1 Å². The lowest BCUT2D eigenvalue weighted by molar-refractivity contribution is 0.330. The van der Waals surface area contributed by atoms with Crippen LogP contribution in [0.1, 0.15) is 44.7 Å². The molecule has 1 aromatic heterocycles. The van der Waals surface area contributed by atoms with Crippen LogP contribution in [-0.4, -0.2) is 22.3 Å². The van der Waals surface area contributed by atoms with Crippen LogP contribution in [-0.2, 0) is 0 Å². The normalized spacial score (nSPS) is 30.2. The van der Waals surface area contributed by atoms with E-state index in [-0.39, 0.29) is 0 Å². The van der Waals surface area contributed by atoms with Gasteiger partial charge in [-0.1, -0.05) is 13.3 Å². The number of nitriles is 1. The molecule has 2 bridgehead atoms. The molecule has 2 fully saturated rings. The molecular formula is C14H18N4. The van der Waals surface area contributed by atoms with Crippen molar-refractivity contribution >= 4 is 5.82 Å². The minimum absolute atomic E-state index is 0.398. The molecule has 2 aliphatic rings. The Morgan fingerprint density at radius 2 is 2.00 bits per heavy atom. The standard InChI is InChI=1S/C14H18N4/c1-2-10-7-12-4-5-13(8-10)18(12)14-6-3-11(9-15)16-17-14/h3,6,10,12-13H,2,4-5,7-8H2,1H3. The molecule has 2 unspecified atom stereocenters. The monoisotopic (exact) mass is 242 g/mol. The second-order valence-corrected chi connectivity index (χ2v) is 5.43. The fourth-order valence-corrected chi connectivity index (χ4v) is 3.52. The third-order valence-corrected chi connectivity index (χ3v) is 4.44. The molecule has 4 heteroatoms. The van der Waals surface area contributed by atoms with E-state index in [1.54, 1.807) is 6.07 Å². The Hall–Kier alpha value is -1.63. The number of piperidine rings is 1. The summed E-state index contributed by atoms with van der Waals surface area (Å²) >= 11 is 0. The lowest BCUT2D eigenvalue weighted by atomic mass is 9.89. The molecule has 0 aromatic carbocycles. The summed E-state index contributed by atoms with van der Waals surface area (Å²) in [5.74, 6) is 1.83. The van der Waals surface area contributed by atoms with Gasteiger partial charge in [0.05, 0.1) is 0 Å². The fourth-order valence-electron chi connectivity index (χ4n) is 3.52. The molecule has 0 amide bonds. The highest BCUT2D eigenvalue weighted by Gasteiger charge is 2.40. The van der Waals surface area contributed by atoms with E-state index in [0.29, 0.717) is 17.8 Å². The summed E-state index contributed by atoms with van der Waals surface area (Å²) in [5, 5.41) is 16.9. The van der Waals surface area contributed by atoms with Gasteiger partial charge in [0.1, 0.15) is 6.07 Å². The zero-order valence-electron chi connectivity index (χ0n) is 10.7. The first-order valence-electron chi connectivity index (χ1n) is 6.84. The number of aromatic nitrogens is 2. The van der Waals surface area contributed by atoms with Crippen molar-refractivity contribution in [1.82, 2.24) is 10.2 Å². The molecule has 0 saturated carbocycles. The van der Waals surface area contributed by atoms with E-state index in [9.17, 15) is 0 Å². The summed E-state index contributed by atoms with van der Waals surface area (Å²) in [7, 11) is 0. The number of rotatable bonds is 2. The Morgan fingerprint density at radius 1 is 1.28 bits per heavy atom. The van der Waals surface area contributed by atoms with Crippen LogP contribution in [0.25, 0.3) is 0 Å². The lowest BCUT2D eigenvalue weighted by Crippen LogP contribution is -2.43. The molecule has 1 aromatic rings. The van der Waals surface area contributed by atoms with Gasteiger partial charge in [0.15, 0.2) is 11.5 Å². The molecule has 18 heavy (non-hydrogen) atoms. The van der Waals surface area contributed by atoms with Crippen LogP contribution in [0.3, 0.4) is 0 Å². The van der Waals surface area contributed by atoms with Crippen molar-refractivity contribution in [3.63, 3.8) is 0 Å². The van der Waals surface area contributed by atoms with Crippen molar-refractivity contribution in [3.05, 3.63) is 17.8 Å². The van der Waals surface area contributed by atoms with E-state index in [2.05, 4.69) is 22.0 Å². The minimum Gasteiger partial charge on any atom is -0.349 e. The van der Waals surface area contributed by atoms with Crippen LogP contribution in [0.5, 0.6) is 0 Å². The molecule has 0 radical (unpaired) electrons. The average Bonchev–Trinajstić information content (AvgIpc) is 2.69. The Morgan fingerprint density at radius 3 is 2.50 bits per heavy atom. The molecule has 4 nitrogen and oxygen atoms in total. The topological polar surface area (TPSA) is 52.8 Å². The number of hydrogen-bond donors (Lipinski definition) is 0. The molecule has 0 spiro atoms. The molecule has 2 aliphatic heterocycles. The van der Waals surface area contributed by atoms with Gasteiger partial charge >= 0.3 is 0 Å². The average molecular weight is 242 g/mol. The van der Waals surface area contributed by atoms with Gasteiger partial charge in [-0.2, -0.15) is 5.26 Å². The Bertz CT molecular complexity index is 448. The Labute approximate surface area is 108 Å². The molecular weight excluding hydrogens is 224 g/mol. The van der Waals surface area contributed by atoms with Gasteiger partial charge in [0.25, 0.3) is 0 Å². The van der Waals surface area contributed by atoms with Gasteiger partial charge in [0.2, 0.25) is 0 Å². The first-order chi connectivity index (χ1) is 8.81. The molecule has 2 atom stereocenters. The van der Waals surface area contributed by atoms with Crippen molar-refractivity contribution in [1.29, 1.82) is 5.26 Å². The fraction of sp³-hybridized carbons (Fsp3) is 0.643. The second kappa shape index (κ2) is 4.56. The quantitative estimate of drug-likeness (QED) is 0.799. The highest BCUT2D eigenvalue weighted by molar-refractivity contribution is 5.44. The van der Waals surface area contributed by atoms with E-state index in [0.717, 1.165) is 11.7 Å². The lowest BCUT2D eigenvalue weighted by Gasteiger charge is -2.39. The second-order valence-electron chi connectivity index (χ2n) is 5.43. The van der Waals surface area contributed by atoms with Crippen molar-refractivity contribution in [2.45, 2.75) is 51.1 Å². The number of fused-ring (bicyclic) bond motifs is 2. The molecule has 0 N–H and O–H groups in total. The van der Waals surface area contributed by atoms with E-state index >= 15 is 0 Å². The van der Waals surface area contributed by atoms with E-state index < -0.39 is 0 Å². The first kappa shape index (κ1) is 11.5. The van der Waals surface area contributed by atoms with Crippen LogP contribution < -0.4 is 4.90 Å². The third-order valence-electron chi connectivity index (χ3n) is 4.44. The van der Waals surface area contributed by atoms with Gasteiger partial charge in [-0.15, -0.1) is 10.2 Å². The van der Waals surface area contributed by atoms with E-state index in [1.807, 2.05) is 12.1 Å². The highest BCUT2D eigenvalue weighted by atomic mass is 15.3. The molecule has 94 valence electrons. The van der Waals surface area contributed by atoms with Crippen molar-refractivity contribution in [3.8, 4) is 6.07 Å². The zero-order valence-corrected chi connectivity index (χ0v) is 10.7. The Balaban J connectivity index is 1.83. The smallest absolute Gasteiger partial charge is 0.163 e. The minimum atomic E-state index is 0.398. The third kappa shape index (κ3) is 1.84. The molecule has 0 aliphatic carbocycles. The van der Waals surface area contributed by atoms with Crippen LogP contribution >= 0.6 is 0 Å². The van der Waals surface area contributed by atoms with Gasteiger partial charge in [-0.05, 0) is 43.7 Å². The van der Waals surface area contributed by atoms with Crippen LogP contribution in [0.4, 0.5) is 5.82 Å². The largest absolute Gasteiger partial charge is 0.349 e. The van der Waals surface area contributed by atoms with Crippen LogP contribution in [0.2, 0.25) is 0 Å². The zero-order chi connectivity index (χ0) is 12.5. The molecule has 3 rings (SSSR count). The predicted molar refractivity (Wildman–Crippen MR) is 69.1 cm³/mol. The SMILES string of the molecule is CCC1CC2CCC(C1)N2c1ccc(C#N)nn1. The first-order valence-corrected chi connectivity index (χ1v) is 6.84. The summed E-state index contributed by atoms with van der Waals surface area (Å²) in [6.07, 6.45) is 6.43. The Kier molecular flexibility index (Phi) is 2.91. The predicted octanol–water partition coefficient (Wildman–Crippen LogP) is 2.51. The number of nitrogens with zero attached hydrogens (tertiary/aromatic N) is 4. The maximum absolute atomic E-state index is 8.76. The molecule has 2 saturated heterocycles. The van der Waals surface area contributed by atoms with E-state index in [1.165, 1.54) is 32.1 Å². The van der Waals surface area contributed by atoms with Crippen molar-refractivity contribution in [2.24, 2.45) is 5.92 Å². The summed E-state index contributed by atoms with van der Waals surface area (Å²) < 4.78 is 0.